The Kier molecular flexibility index (Phi) is 4.96. The third kappa shape index (κ3) is 4.07. The number of hydrogen-bond acceptors (Lipinski definition) is 5. The molecule has 0 bridgehead atoms. The zero-order chi connectivity index (χ0) is 12.8. The van der Waals surface area contributed by atoms with E-state index in [-0.39, 0.29) is 17.6 Å². The van der Waals surface area contributed by atoms with Gasteiger partial charge in [-0.1, -0.05) is 13.0 Å². The van der Waals surface area contributed by atoms with Crippen molar-refractivity contribution in [1.29, 1.82) is 0 Å². The Morgan fingerprint density at radius 3 is 2.88 bits per heavy atom. The smallest absolute Gasteiger partial charge is 0.309 e. The molecule has 0 aliphatic heterocycles. The first-order valence-corrected chi connectivity index (χ1v) is 5.98. The van der Waals surface area contributed by atoms with Crippen molar-refractivity contribution < 1.29 is 14.5 Å². The number of esters is 1. The fourth-order valence-corrected chi connectivity index (χ4v) is 2.13. The van der Waals surface area contributed by atoms with E-state index < -0.39 is 4.92 Å². The fraction of sp³-hybridized carbons (Fsp3) is 0.364. The minimum atomic E-state index is -0.437. The Labute approximate surface area is 103 Å². The number of benzene rings is 1. The largest absolute Gasteiger partial charge is 0.469 e. The van der Waals surface area contributed by atoms with Crippen LogP contribution < -0.4 is 0 Å². The highest BCUT2D eigenvalue weighted by Crippen LogP contribution is 2.24. The molecule has 0 saturated carbocycles. The number of carbonyl (C=O) groups excluding carboxylic acids is 1. The molecular formula is C11H13NO4S. The minimum Gasteiger partial charge on any atom is -0.469 e. The van der Waals surface area contributed by atoms with Gasteiger partial charge in [0, 0.05) is 22.8 Å². The summed E-state index contributed by atoms with van der Waals surface area (Å²) in [4.78, 5) is 22.1. The number of thioether (sulfide) groups is 1. The molecule has 0 fully saturated rings. The lowest BCUT2D eigenvalue weighted by molar-refractivity contribution is -0.385. The molecule has 92 valence electrons. The average Bonchev–Trinajstić information content (AvgIpc) is 2.35. The Morgan fingerprint density at radius 2 is 2.29 bits per heavy atom. The molecule has 0 aromatic heterocycles. The van der Waals surface area contributed by atoms with E-state index in [1.807, 2.05) is 0 Å². The van der Waals surface area contributed by atoms with Crippen molar-refractivity contribution in [2.24, 2.45) is 5.92 Å². The van der Waals surface area contributed by atoms with Crippen LogP contribution in [0.15, 0.2) is 29.2 Å². The van der Waals surface area contributed by atoms with Crippen molar-refractivity contribution in [3.05, 3.63) is 34.4 Å². The van der Waals surface area contributed by atoms with Gasteiger partial charge in [0.15, 0.2) is 0 Å². The molecule has 0 radical (unpaired) electrons. The molecule has 0 amide bonds. The van der Waals surface area contributed by atoms with Crippen molar-refractivity contribution >= 4 is 23.4 Å². The lowest BCUT2D eigenvalue weighted by atomic mass is 10.2. The monoisotopic (exact) mass is 255 g/mol. The summed E-state index contributed by atoms with van der Waals surface area (Å²) < 4.78 is 4.60. The van der Waals surface area contributed by atoms with Gasteiger partial charge in [-0.05, 0) is 6.07 Å². The van der Waals surface area contributed by atoms with Crippen LogP contribution in [-0.4, -0.2) is 23.8 Å². The van der Waals surface area contributed by atoms with E-state index in [0.717, 1.165) is 4.90 Å². The zero-order valence-corrected chi connectivity index (χ0v) is 10.4. The lowest BCUT2D eigenvalue weighted by Gasteiger charge is -2.08. The van der Waals surface area contributed by atoms with Crippen LogP contribution >= 0.6 is 11.8 Å². The number of non-ortho nitro benzene ring substituents is 1. The van der Waals surface area contributed by atoms with E-state index in [4.69, 9.17) is 0 Å². The fourth-order valence-electron chi connectivity index (χ4n) is 1.18. The third-order valence-corrected chi connectivity index (χ3v) is 3.39. The Morgan fingerprint density at radius 1 is 1.59 bits per heavy atom. The maximum atomic E-state index is 11.2. The first kappa shape index (κ1) is 13.5. The summed E-state index contributed by atoms with van der Waals surface area (Å²) in [5, 5.41) is 10.6. The maximum Gasteiger partial charge on any atom is 0.309 e. The second-order valence-electron chi connectivity index (χ2n) is 3.49. The molecule has 17 heavy (non-hydrogen) atoms. The van der Waals surface area contributed by atoms with E-state index in [9.17, 15) is 14.9 Å². The van der Waals surface area contributed by atoms with Gasteiger partial charge in [-0.3, -0.25) is 14.9 Å². The summed E-state index contributed by atoms with van der Waals surface area (Å²) >= 11 is 1.40. The van der Waals surface area contributed by atoms with Crippen molar-refractivity contribution in [3.63, 3.8) is 0 Å². The average molecular weight is 255 g/mol. The van der Waals surface area contributed by atoms with Crippen LogP contribution in [0.25, 0.3) is 0 Å². The number of nitro groups is 1. The Bertz CT molecular complexity index is 422. The van der Waals surface area contributed by atoms with E-state index in [2.05, 4.69) is 4.74 Å². The second-order valence-corrected chi connectivity index (χ2v) is 4.58. The van der Waals surface area contributed by atoms with Crippen LogP contribution in [-0.2, 0) is 9.53 Å². The first-order chi connectivity index (χ1) is 8.04. The second kappa shape index (κ2) is 6.24. The molecule has 1 atom stereocenters. The zero-order valence-electron chi connectivity index (χ0n) is 9.58. The van der Waals surface area contributed by atoms with Gasteiger partial charge in [0.05, 0.1) is 18.0 Å². The van der Waals surface area contributed by atoms with Crippen LogP contribution in [0.1, 0.15) is 6.92 Å². The summed E-state index contributed by atoms with van der Waals surface area (Å²) in [5.41, 5.74) is 0.0562. The number of rotatable bonds is 5. The first-order valence-electron chi connectivity index (χ1n) is 4.99. The molecule has 5 nitrogen and oxygen atoms in total. The maximum absolute atomic E-state index is 11.2. The van der Waals surface area contributed by atoms with Crippen LogP contribution in [0, 0.1) is 16.0 Å². The summed E-state index contributed by atoms with van der Waals surface area (Å²) in [5.74, 6) is 0.0283. The minimum absolute atomic E-state index is 0.0562. The summed E-state index contributed by atoms with van der Waals surface area (Å²) in [6.07, 6.45) is 0. The molecule has 1 aromatic carbocycles. The summed E-state index contributed by atoms with van der Waals surface area (Å²) in [6, 6.07) is 6.34. The SMILES string of the molecule is COC(=O)C(C)CSc1cccc([N+](=O)[O-])c1. The van der Waals surface area contributed by atoms with Gasteiger partial charge in [0.1, 0.15) is 0 Å². The van der Waals surface area contributed by atoms with E-state index in [1.54, 1.807) is 19.1 Å². The molecule has 0 N–H and O–H groups in total. The van der Waals surface area contributed by atoms with Crippen molar-refractivity contribution in [2.45, 2.75) is 11.8 Å². The highest BCUT2D eigenvalue weighted by molar-refractivity contribution is 7.99. The normalized spacial score (nSPS) is 11.9. The molecule has 1 aromatic rings. The van der Waals surface area contributed by atoms with E-state index in [1.165, 1.54) is 31.0 Å². The predicted molar refractivity (Wildman–Crippen MR) is 65.0 cm³/mol. The number of methoxy groups -OCH3 is 1. The summed E-state index contributed by atoms with van der Waals surface area (Å²) in [7, 11) is 1.34. The molecule has 1 unspecified atom stereocenters. The van der Waals surface area contributed by atoms with E-state index in [0.29, 0.717) is 5.75 Å². The number of carbonyl (C=O) groups is 1. The molecule has 0 heterocycles. The van der Waals surface area contributed by atoms with Crippen molar-refractivity contribution in [3.8, 4) is 0 Å². The number of nitrogens with zero attached hydrogens (tertiary/aromatic N) is 1. The number of nitro benzene ring substituents is 1. The van der Waals surface area contributed by atoms with Gasteiger partial charge in [-0.25, -0.2) is 0 Å². The molecule has 0 aliphatic carbocycles. The third-order valence-electron chi connectivity index (χ3n) is 2.13. The van der Waals surface area contributed by atoms with Gasteiger partial charge < -0.3 is 4.74 Å². The molecule has 1 rings (SSSR count). The van der Waals surface area contributed by atoms with Crippen molar-refractivity contribution in [1.82, 2.24) is 0 Å². The van der Waals surface area contributed by atoms with Crippen molar-refractivity contribution in [2.75, 3.05) is 12.9 Å². The standard InChI is InChI=1S/C11H13NO4S/c1-8(11(13)16-2)7-17-10-5-3-4-9(6-10)12(14)15/h3-6,8H,7H2,1-2H3. The van der Waals surface area contributed by atoms with Crippen LogP contribution in [0.5, 0.6) is 0 Å². The predicted octanol–water partition coefficient (Wildman–Crippen LogP) is 2.50. The highest BCUT2D eigenvalue weighted by atomic mass is 32.2. The molecule has 0 aliphatic rings. The van der Waals surface area contributed by atoms with Gasteiger partial charge in [-0.15, -0.1) is 11.8 Å². The number of hydrogen-bond donors (Lipinski definition) is 0. The lowest BCUT2D eigenvalue weighted by Crippen LogP contribution is -2.14. The van der Waals surface area contributed by atoms with Gasteiger partial charge in [0.2, 0.25) is 0 Å². The topological polar surface area (TPSA) is 69.4 Å². The van der Waals surface area contributed by atoms with Crippen LogP contribution in [0.4, 0.5) is 5.69 Å². The Hall–Kier alpha value is -1.56. The highest BCUT2D eigenvalue weighted by Gasteiger charge is 2.14. The molecular weight excluding hydrogens is 242 g/mol. The number of ether oxygens (including phenoxy) is 1. The van der Waals surface area contributed by atoms with E-state index >= 15 is 0 Å². The van der Waals surface area contributed by atoms with Gasteiger partial charge in [0.25, 0.3) is 5.69 Å². The molecule has 0 saturated heterocycles. The summed E-state index contributed by atoms with van der Waals surface area (Å²) in [6.45, 7) is 1.76. The molecule has 6 heteroatoms. The quantitative estimate of drug-likeness (QED) is 0.350. The van der Waals surface area contributed by atoms with Gasteiger partial charge >= 0.3 is 5.97 Å². The van der Waals surface area contributed by atoms with Crippen LogP contribution in [0.3, 0.4) is 0 Å². The van der Waals surface area contributed by atoms with Crippen LogP contribution in [0.2, 0.25) is 0 Å². The Balaban J connectivity index is 2.60. The van der Waals surface area contributed by atoms with Gasteiger partial charge in [-0.2, -0.15) is 0 Å². The molecule has 0 spiro atoms.